The Labute approximate surface area is 124 Å². The van der Waals surface area contributed by atoms with E-state index in [-0.39, 0.29) is 5.56 Å². The Bertz CT molecular complexity index is 553. The van der Waals surface area contributed by atoms with Gasteiger partial charge in [0.2, 0.25) is 0 Å². The van der Waals surface area contributed by atoms with E-state index in [0.717, 1.165) is 0 Å². The van der Waals surface area contributed by atoms with Gasteiger partial charge in [0.1, 0.15) is 0 Å². The summed E-state index contributed by atoms with van der Waals surface area (Å²) in [5, 5.41) is 9.65. The average Bonchev–Trinajstić information content (AvgIpc) is 2.47. The fraction of sp³-hybridized carbons (Fsp3) is 0.500. The summed E-state index contributed by atoms with van der Waals surface area (Å²) < 4.78 is 11.9. The van der Waals surface area contributed by atoms with Crippen molar-refractivity contribution in [2.45, 2.75) is 45.8 Å². The molecule has 1 aliphatic heterocycles. The Morgan fingerprint density at radius 3 is 2.15 bits per heavy atom. The highest BCUT2D eigenvalue weighted by Crippen LogP contribution is 2.37. The second-order valence-electron chi connectivity index (χ2n) is 6.03. The van der Waals surface area contributed by atoms with Crippen molar-refractivity contribution >= 4 is 30.2 Å². The summed E-state index contributed by atoms with van der Waals surface area (Å²) >= 11 is 6.22. The van der Waals surface area contributed by atoms with E-state index < -0.39 is 24.3 Å². The van der Waals surface area contributed by atoms with Crippen molar-refractivity contribution in [1.82, 2.24) is 0 Å². The number of rotatable bonds is 2. The molecule has 0 spiro atoms. The normalized spacial score (nSPS) is 20.2. The molecule has 0 saturated carbocycles. The minimum absolute atomic E-state index is 0.208. The maximum Gasteiger partial charge on any atom is 0.496 e. The zero-order valence-corrected chi connectivity index (χ0v) is 13.0. The number of aromatic carboxylic acids is 1. The summed E-state index contributed by atoms with van der Waals surface area (Å²) in [4.78, 5) is 11.2. The molecule has 0 aromatic heterocycles. The highest BCUT2D eigenvalue weighted by molar-refractivity contribution is 6.66. The second-order valence-corrected chi connectivity index (χ2v) is 6.43. The van der Waals surface area contributed by atoms with E-state index in [0.29, 0.717) is 16.0 Å². The lowest BCUT2D eigenvalue weighted by molar-refractivity contribution is 0.00578. The van der Waals surface area contributed by atoms with Crippen molar-refractivity contribution in [3.8, 4) is 0 Å². The molecule has 1 aromatic rings. The summed E-state index contributed by atoms with van der Waals surface area (Å²) in [6, 6.07) is 3.06. The molecule has 0 bridgehead atoms. The van der Waals surface area contributed by atoms with Gasteiger partial charge in [0.15, 0.2) is 0 Å². The maximum atomic E-state index is 11.2. The predicted octanol–water partition coefficient (Wildman–Crippen LogP) is 2.65. The molecule has 1 saturated heterocycles. The number of carboxylic acid groups (broad SMARTS) is 1. The van der Waals surface area contributed by atoms with Gasteiger partial charge in [-0.25, -0.2) is 4.79 Å². The van der Waals surface area contributed by atoms with E-state index in [1.165, 1.54) is 6.07 Å². The molecule has 1 heterocycles. The Morgan fingerprint density at radius 1 is 1.20 bits per heavy atom. The van der Waals surface area contributed by atoms with Gasteiger partial charge in [-0.1, -0.05) is 11.6 Å². The van der Waals surface area contributed by atoms with Crippen molar-refractivity contribution in [2.24, 2.45) is 0 Å². The summed E-state index contributed by atoms with van der Waals surface area (Å²) in [6.45, 7) is 9.48. The third-order valence-electron chi connectivity index (χ3n) is 4.18. The monoisotopic (exact) mass is 296 g/mol. The fourth-order valence-electron chi connectivity index (χ4n) is 2.18. The van der Waals surface area contributed by atoms with Crippen LogP contribution in [0.4, 0.5) is 0 Å². The standard InChI is InChI=1S/C14H18BClO4/c1-8-9(12(17)18)6-7-10(16)11(8)15-19-13(2,3)14(4,5)20-15/h6-7H,1-5H3,(H,17,18). The molecule has 2 rings (SSSR count). The Balaban J connectivity index is 2.50. The quantitative estimate of drug-likeness (QED) is 0.853. The van der Waals surface area contributed by atoms with Crippen LogP contribution in [0.15, 0.2) is 12.1 Å². The van der Waals surface area contributed by atoms with Crippen LogP contribution in [-0.2, 0) is 9.31 Å². The highest BCUT2D eigenvalue weighted by Gasteiger charge is 2.52. The van der Waals surface area contributed by atoms with E-state index in [1.54, 1.807) is 13.0 Å². The first-order valence-electron chi connectivity index (χ1n) is 6.45. The number of carboxylic acids is 1. The maximum absolute atomic E-state index is 11.2. The topological polar surface area (TPSA) is 55.8 Å². The first-order valence-corrected chi connectivity index (χ1v) is 6.82. The van der Waals surface area contributed by atoms with Gasteiger partial charge in [-0.3, -0.25) is 0 Å². The van der Waals surface area contributed by atoms with E-state index in [1.807, 2.05) is 27.7 Å². The summed E-state index contributed by atoms with van der Waals surface area (Å²) in [5.74, 6) is -0.989. The first-order chi connectivity index (χ1) is 9.07. The summed E-state index contributed by atoms with van der Waals surface area (Å²) in [5.41, 5.74) is 0.382. The van der Waals surface area contributed by atoms with Gasteiger partial charge in [0.05, 0.1) is 16.8 Å². The first kappa shape index (κ1) is 15.4. The van der Waals surface area contributed by atoms with Crippen molar-refractivity contribution < 1.29 is 19.2 Å². The molecule has 1 N–H and O–H groups in total. The third kappa shape index (κ3) is 2.34. The van der Waals surface area contributed by atoms with Gasteiger partial charge in [-0.05, 0) is 52.3 Å². The molecule has 0 amide bonds. The molecule has 0 radical (unpaired) electrons. The summed E-state index contributed by atoms with van der Waals surface area (Å²) in [7, 11) is -0.660. The molecule has 4 nitrogen and oxygen atoms in total. The van der Waals surface area contributed by atoms with Gasteiger partial charge >= 0.3 is 13.1 Å². The van der Waals surface area contributed by atoms with Crippen LogP contribution in [-0.4, -0.2) is 29.4 Å². The minimum atomic E-state index is -0.989. The molecule has 0 aliphatic carbocycles. The zero-order chi connectivity index (χ0) is 15.3. The molecular weight excluding hydrogens is 278 g/mol. The zero-order valence-electron chi connectivity index (χ0n) is 12.3. The molecule has 108 valence electrons. The minimum Gasteiger partial charge on any atom is -0.478 e. The molecule has 1 aliphatic rings. The number of halogens is 1. The fourth-order valence-corrected chi connectivity index (χ4v) is 2.47. The van der Waals surface area contributed by atoms with Crippen LogP contribution in [0.2, 0.25) is 5.02 Å². The van der Waals surface area contributed by atoms with Crippen LogP contribution >= 0.6 is 11.6 Å². The van der Waals surface area contributed by atoms with Crippen LogP contribution in [0.1, 0.15) is 43.6 Å². The Kier molecular flexibility index (Phi) is 3.65. The highest BCUT2D eigenvalue weighted by atomic mass is 35.5. The van der Waals surface area contributed by atoms with Crippen molar-refractivity contribution in [1.29, 1.82) is 0 Å². The molecule has 1 fully saturated rings. The van der Waals surface area contributed by atoms with Crippen LogP contribution < -0.4 is 5.46 Å². The number of benzene rings is 1. The van der Waals surface area contributed by atoms with Crippen LogP contribution in [0.25, 0.3) is 0 Å². The smallest absolute Gasteiger partial charge is 0.478 e. The lowest BCUT2D eigenvalue weighted by Crippen LogP contribution is -2.41. The van der Waals surface area contributed by atoms with E-state index in [9.17, 15) is 9.90 Å². The van der Waals surface area contributed by atoms with Gasteiger partial charge < -0.3 is 14.4 Å². The van der Waals surface area contributed by atoms with Crippen molar-refractivity contribution in [2.75, 3.05) is 0 Å². The molecule has 20 heavy (non-hydrogen) atoms. The summed E-state index contributed by atoms with van der Waals surface area (Å²) in [6.07, 6.45) is 0. The predicted molar refractivity (Wildman–Crippen MR) is 78.9 cm³/mol. The van der Waals surface area contributed by atoms with Gasteiger partial charge in [0, 0.05) is 10.5 Å². The van der Waals surface area contributed by atoms with Crippen molar-refractivity contribution in [3.05, 3.63) is 28.3 Å². The van der Waals surface area contributed by atoms with Crippen LogP contribution in [0.5, 0.6) is 0 Å². The molecular formula is C14H18BClO4. The second kappa shape index (κ2) is 4.76. The van der Waals surface area contributed by atoms with E-state index >= 15 is 0 Å². The lowest BCUT2D eigenvalue weighted by atomic mass is 9.75. The third-order valence-corrected chi connectivity index (χ3v) is 4.51. The van der Waals surface area contributed by atoms with Gasteiger partial charge in [-0.2, -0.15) is 0 Å². The van der Waals surface area contributed by atoms with Gasteiger partial charge in [-0.15, -0.1) is 0 Å². The van der Waals surface area contributed by atoms with Gasteiger partial charge in [0.25, 0.3) is 0 Å². The molecule has 0 atom stereocenters. The van der Waals surface area contributed by atoms with E-state index in [2.05, 4.69) is 0 Å². The average molecular weight is 297 g/mol. The number of carbonyl (C=O) groups is 1. The van der Waals surface area contributed by atoms with E-state index in [4.69, 9.17) is 20.9 Å². The molecule has 1 aromatic carbocycles. The largest absolute Gasteiger partial charge is 0.496 e. The number of hydrogen-bond acceptors (Lipinski definition) is 3. The van der Waals surface area contributed by atoms with Crippen LogP contribution in [0, 0.1) is 6.92 Å². The molecule has 0 unspecified atom stereocenters. The SMILES string of the molecule is Cc1c(C(=O)O)ccc(Cl)c1B1OC(C)(C)C(C)(C)O1. The Hall–Kier alpha value is -1.04. The number of hydrogen-bond donors (Lipinski definition) is 1. The Morgan fingerprint density at radius 2 is 1.70 bits per heavy atom. The van der Waals surface area contributed by atoms with Crippen LogP contribution in [0.3, 0.4) is 0 Å². The van der Waals surface area contributed by atoms with Crippen molar-refractivity contribution in [3.63, 3.8) is 0 Å². The molecule has 6 heteroatoms. The lowest BCUT2D eigenvalue weighted by Gasteiger charge is -2.32.